The number of carbonyl (C=O) groups is 1. The van der Waals surface area contributed by atoms with Gasteiger partial charge >= 0.3 is 0 Å². The lowest BCUT2D eigenvalue weighted by Crippen LogP contribution is -2.24. The fourth-order valence-corrected chi connectivity index (χ4v) is 2.82. The van der Waals surface area contributed by atoms with Gasteiger partial charge in [0, 0.05) is 22.1 Å². The molecular formula is C11H13N3OS2. The van der Waals surface area contributed by atoms with Gasteiger partial charge in [-0.3, -0.25) is 4.79 Å². The van der Waals surface area contributed by atoms with E-state index in [1.165, 1.54) is 11.3 Å². The van der Waals surface area contributed by atoms with E-state index in [-0.39, 0.29) is 5.91 Å². The lowest BCUT2D eigenvalue weighted by molar-refractivity contribution is -0.120. The zero-order valence-corrected chi connectivity index (χ0v) is 11.3. The Morgan fingerprint density at radius 2 is 1.76 bits per heavy atom. The Morgan fingerprint density at radius 1 is 1.18 bits per heavy atom. The van der Waals surface area contributed by atoms with Crippen LogP contribution in [0.3, 0.4) is 0 Å². The van der Waals surface area contributed by atoms with Gasteiger partial charge in [-0.05, 0) is 13.8 Å². The summed E-state index contributed by atoms with van der Waals surface area (Å²) in [5.74, 6) is -0.00722. The first-order valence-corrected chi connectivity index (χ1v) is 6.98. The summed E-state index contributed by atoms with van der Waals surface area (Å²) >= 11 is 3.08. The van der Waals surface area contributed by atoms with E-state index in [9.17, 15) is 4.79 Å². The van der Waals surface area contributed by atoms with E-state index in [4.69, 9.17) is 0 Å². The molecule has 6 heteroatoms. The lowest BCUT2D eigenvalue weighted by atomic mass is 10.4. The van der Waals surface area contributed by atoms with Crippen LogP contribution in [0.25, 0.3) is 0 Å². The van der Waals surface area contributed by atoms with Crippen molar-refractivity contribution >= 4 is 28.6 Å². The molecule has 0 atom stereocenters. The Bertz CT molecular complexity index is 518. The molecule has 0 aliphatic rings. The van der Waals surface area contributed by atoms with Crippen molar-refractivity contribution in [2.45, 2.75) is 26.8 Å². The van der Waals surface area contributed by atoms with Gasteiger partial charge in [0.15, 0.2) is 0 Å². The van der Waals surface area contributed by atoms with Crippen molar-refractivity contribution in [2.24, 2.45) is 0 Å². The number of aryl methyl sites for hydroxylation is 2. The van der Waals surface area contributed by atoms with Crippen molar-refractivity contribution < 1.29 is 4.79 Å². The zero-order chi connectivity index (χ0) is 12.3. The molecule has 0 aromatic carbocycles. The summed E-state index contributed by atoms with van der Waals surface area (Å²) in [7, 11) is 0. The predicted molar refractivity (Wildman–Crippen MR) is 69.3 cm³/mol. The Balaban J connectivity index is 1.82. The highest BCUT2D eigenvalue weighted by atomic mass is 32.1. The number of hydrogen-bond donors (Lipinski definition) is 1. The highest BCUT2D eigenvalue weighted by molar-refractivity contribution is 7.10. The molecule has 17 heavy (non-hydrogen) atoms. The Labute approximate surface area is 108 Å². The summed E-state index contributed by atoms with van der Waals surface area (Å²) in [6.45, 7) is 4.37. The normalized spacial score (nSPS) is 10.5. The number of thiazole rings is 2. The van der Waals surface area contributed by atoms with Crippen LogP contribution in [0.4, 0.5) is 0 Å². The minimum atomic E-state index is -0.00722. The number of rotatable bonds is 4. The van der Waals surface area contributed by atoms with Gasteiger partial charge < -0.3 is 5.32 Å². The minimum absolute atomic E-state index is 0.00722. The second kappa shape index (κ2) is 5.37. The summed E-state index contributed by atoms with van der Waals surface area (Å²) in [6, 6.07) is 0. The number of nitrogens with zero attached hydrogens (tertiary/aromatic N) is 2. The van der Waals surface area contributed by atoms with E-state index < -0.39 is 0 Å². The fourth-order valence-electron chi connectivity index (χ4n) is 1.34. The zero-order valence-electron chi connectivity index (χ0n) is 9.69. The van der Waals surface area contributed by atoms with Gasteiger partial charge in [-0.15, -0.1) is 22.7 Å². The van der Waals surface area contributed by atoms with E-state index in [0.29, 0.717) is 13.0 Å². The molecule has 0 saturated heterocycles. The second-order valence-corrected chi connectivity index (χ2v) is 5.60. The van der Waals surface area contributed by atoms with Crippen LogP contribution in [0, 0.1) is 13.8 Å². The summed E-state index contributed by atoms with van der Waals surface area (Å²) in [6.07, 6.45) is 0.350. The van der Waals surface area contributed by atoms with E-state index in [1.54, 1.807) is 11.3 Å². The number of nitrogens with one attached hydrogen (secondary N) is 1. The van der Waals surface area contributed by atoms with Crippen molar-refractivity contribution in [2.75, 3.05) is 0 Å². The van der Waals surface area contributed by atoms with Crippen molar-refractivity contribution in [3.8, 4) is 0 Å². The van der Waals surface area contributed by atoms with Crippen LogP contribution >= 0.6 is 22.7 Å². The molecule has 0 radical (unpaired) electrons. The molecule has 0 spiro atoms. The van der Waals surface area contributed by atoms with Crippen LogP contribution < -0.4 is 5.32 Å². The monoisotopic (exact) mass is 267 g/mol. The van der Waals surface area contributed by atoms with E-state index >= 15 is 0 Å². The smallest absolute Gasteiger partial charge is 0.227 e. The van der Waals surface area contributed by atoms with Crippen LogP contribution in [-0.4, -0.2) is 15.9 Å². The van der Waals surface area contributed by atoms with Gasteiger partial charge in [0.25, 0.3) is 0 Å². The molecule has 0 bridgehead atoms. The second-order valence-electron chi connectivity index (χ2n) is 3.72. The molecule has 0 aliphatic heterocycles. The largest absolute Gasteiger partial charge is 0.349 e. The topological polar surface area (TPSA) is 54.9 Å². The standard InChI is InChI=1S/C11H13N3OS2/c1-7-5-16-10(13-7)3-9(15)12-4-11-14-8(2)6-17-11/h5-6H,3-4H2,1-2H3,(H,12,15). The molecule has 1 N–H and O–H groups in total. The van der Waals surface area contributed by atoms with Crippen molar-refractivity contribution in [1.82, 2.24) is 15.3 Å². The summed E-state index contributed by atoms with van der Waals surface area (Å²) < 4.78 is 0. The first-order chi connectivity index (χ1) is 8.13. The molecule has 0 unspecified atom stereocenters. The van der Waals surface area contributed by atoms with Gasteiger partial charge in [0.1, 0.15) is 10.0 Å². The van der Waals surface area contributed by atoms with Crippen LogP contribution in [0.1, 0.15) is 21.4 Å². The third-order valence-electron chi connectivity index (χ3n) is 2.08. The Morgan fingerprint density at radius 3 is 2.29 bits per heavy atom. The minimum Gasteiger partial charge on any atom is -0.349 e. The summed E-state index contributed by atoms with van der Waals surface area (Å²) in [4.78, 5) is 20.2. The molecule has 2 rings (SSSR count). The molecular weight excluding hydrogens is 254 g/mol. The molecule has 0 fully saturated rings. The highest BCUT2D eigenvalue weighted by Crippen LogP contribution is 2.10. The van der Waals surface area contributed by atoms with E-state index in [0.717, 1.165) is 21.4 Å². The third-order valence-corrected chi connectivity index (χ3v) is 4.02. The molecule has 0 saturated carbocycles. The van der Waals surface area contributed by atoms with Crippen LogP contribution in [-0.2, 0) is 17.8 Å². The first kappa shape index (κ1) is 12.2. The third kappa shape index (κ3) is 3.61. The maximum absolute atomic E-state index is 11.6. The molecule has 2 aromatic rings. The van der Waals surface area contributed by atoms with Gasteiger partial charge in [-0.2, -0.15) is 0 Å². The number of amides is 1. The quantitative estimate of drug-likeness (QED) is 0.922. The van der Waals surface area contributed by atoms with Crippen LogP contribution in [0.2, 0.25) is 0 Å². The van der Waals surface area contributed by atoms with Crippen molar-refractivity contribution in [1.29, 1.82) is 0 Å². The first-order valence-electron chi connectivity index (χ1n) is 5.22. The lowest BCUT2D eigenvalue weighted by Gasteiger charge is -2.00. The maximum atomic E-state index is 11.6. The average Bonchev–Trinajstić information content (AvgIpc) is 2.85. The fraction of sp³-hybridized carbons (Fsp3) is 0.364. The highest BCUT2D eigenvalue weighted by Gasteiger charge is 2.07. The summed E-state index contributed by atoms with van der Waals surface area (Å²) in [5.41, 5.74) is 1.96. The van der Waals surface area contributed by atoms with Gasteiger partial charge in [-0.25, -0.2) is 9.97 Å². The van der Waals surface area contributed by atoms with Gasteiger partial charge in [-0.1, -0.05) is 0 Å². The Hall–Kier alpha value is -1.27. The Kier molecular flexibility index (Phi) is 3.86. The molecule has 90 valence electrons. The van der Waals surface area contributed by atoms with Crippen LogP contribution in [0.15, 0.2) is 10.8 Å². The SMILES string of the molecule is Cc1csc(CNC(=O)Cc2nc(C)cs2)n1. The van der Waals surface area contributed by atoms with Crippen molar-refractivity contribution in [3.63, 3.8) is 0 Å². The van der Waals surface area contributed by atoms with E-state index in [2.05, 4.69) is 15.3 Å². The molecule has 4 nitrogen and oxygen atoms in total. The number of hydrogen-bond acceptors (Lipinski definition) is 5. The van der Waals surface area contributed by atoms with Gasteiger partial charge in [0.2, 0.25) is 5.91 Å². The molecule has 2 heterocycles. The maximum Gasteiger partial charge on any atom is 0.227 e. The average molecular weight is 267 g/mol. The predicted octanol–water partition coefficient (Wildman–Crippen LogP) is 2.08. The molecule has 0 aliphatic carbocycles. The number of carbonyl (C=O) groups excluding carboxylic acids is 1. The molecule has 2 aromatic heterocycles. The number of aromatic nitrogens is 2. The van der Waals surface area contributed by atoms with E-state index in [1.807, 2.05) is 24.6 Å². The summed E-state index contributed by atoms with van der Waals surface area (Å²) in [5, 5.41) is 8.57. The van der Waals surface area contributed by atoms with Crippen LogP contribution in [0.5, 0.6) is 0 Å². The van der Waals surface area contributed by atoms with Crippen molar-refractivity contribution in [3.05, 3.63) is 32.2 Å². The molecule has 1 amide bonds. The van der Waals surface area contributed by atoms with Gasteiger partial charge in [0.05, 0.1) is 13.0 Å².